The van der Waals surface area contributed by atoms with Crippen molar-refractivity contribution in [2.45, 2.75) is 12.5 Å². The van der Waals surface area contributed by atoms with Gasteiger partial charge in [0, 0.05) is 4.47 Å². The number of halogens is 2. The Morgan fingerprint density at radius 2 is 1.95 bits per heavy atom. The summed E-state index contributed by atoms with van der Waals surface area (Å²) in [6.45, 7) is 0. The second-order valence-electron chi connectivity index (χ2n) is 4.59. The van der Waals surface area contributed by atoms with Gasteiger partial charge >= 0.3 is 0 Å². The van der Waals surface area contributed by atoms with Crippen molar-refractivity contribution in [1.29, 1.82) is 0 Å². The standard InChI is InChI=1S/C15H14BrFN2O2/c16-12-6-3-10(17)8-14(12)19-15(21)13(18)7-9-1-4-11(20)5-2-9/h1-6,8,13,20H,7,18H2,(H,19,21). The van der Waals surface area contributed by atoms with E-state index in [0.717, 1.165) is 5.56 Å². The van der Waals surface area contributed by atoms with Crippen molar-refractivity contribution in [2.75, 3.05) is 5.32 Å². The van der Waals surface area contributed by atoms with E-state index in [1.54, 1.807) is 12.1 Å². The van der Waals surface area contributed by atoms with E-state index in [9.17, 15) is 14.3 Å². The Hall–Kier alpha value is -1.92. The van der Waals surface area contributed by atoms with Gasteiger partial charge in [-0.15, -0.1) is 0 Å². The molecule has 21 heavy (non-hydrogen) atoms. The summed E-state index contributed by atoms with van der Waals surface area (Å²) in [7, 11) is 0. The Kier molecular flexibility index (Phi) is 4.93. The first-order chi connectivity index (χ1) is 9.95. The minimum Gasteiger partial charge on any atom is -0.508 e. The van der Waals surface area contributed by atoms with Gasteiger partial charge in [-0.3, -0.25) is 4.79 Å². The lowest BCUT2D eigenvalue weighted by atomic mass is 10.1. The minimum atomic E-state index is -0.773. The van der Waals surface area contributed by atoms with E-state index in [4.69, 9.17) is 5.73 Å². The first kappa shape index (κ1) is 15.5. The average molecular weight is 353 g/mol. The van der Waals surface area contributed by atoms with Gasteiger partial charge in [-0.2, -0.15) is 0 Å². The number of anilines is 1. The molecule has 0 aliphatic carbocycles. The van der Waals surface area contributed by atoms with E-state index in [-0.39, 0.29) is 5.75 Å². The highest BCUT2D eigenvalue weighted by atomic mass is 79.9. The molecule has 2 aromatic carbocycles. The van der Waals surface area contributed by atoms with Crippen molar-refractivity contribution in [3.63, 3.8) is 0 Å². The highest BCUT2D eigenvalue weighted by Crippen LogP contribution is 2.23. The molecule has 110 valence electrons. The number of hydrogen-bond donors (Lipinski definition) is 3. The molecular formula is C15H14BrFN2O2. The molecule has 0 aromatic heterocycles. The summed E-state index contributed by atoms with van der Waals surface area (Å²) >= 11 is 3.23. The Morgan fingerprint density at radius 3 is 2.62 bits per heavy atom. The molecule has 4 N–H and O–H groups in total. The first-order valence-electron chi connectivity index (χ1n) is 6.25. The number of amides is 1. The van der Waals surface area contributed by atoms with E-state index >= 15 is 0 Å². The molecule has 0 aliphatic rings. The highest BCUT2D eigenvalue weighted by molar-refractivity contribution is 9.10. The molecule has 4 nitrogen and oxygen atoms in total. The number of hydrogen-bond acceptors (Lipinski definition) is 3. The third-order valence-corrected chi connectivity index (χ3v) is 3.61. The fourth-order valence-corrected chi connectivity index (χ4v) is 2.14. The molecule has 1 unspecified atom stereocenters. The van der Waals surface area contributed by atoms with E-state index < -0.39 is 17.8 Å². The monoisotopic (exact) mass is 352 g/mol. The third-order valence-electron chi connectivity index (χ3n) is 2.92. The average Bonchev–Trinajstić information content (AvgIpc) is 2.45. The fourth-order valence-electron chi connectivity index (χ4n) is 1.80. The molecule has 1 atom stereocenters. The van der Waals surface area contributed by atoms with Crippen LogP contribution in [0.2, 0.25) is 0 Å². The number of rotatable bonds is 4. The van der Waals surface area contributed by atoms with Gasteiger partial charge in [0.15, 0.2) is 0 Å². The molecule has 2 rings (SSSR count). The maximum atomic E-state index is 13.2. The van der Waals surface area contributed by atoms with E-state index in [2.05, 4.69) is 21.2 Å². The predicted molar refractivity (Wildman–Crippen MR) is 82.5 cm³/mol. The van der Waals surface area contributed by atoms with Crippen LogP contribution in [-0.2, 0) is 11.2 Å². The lowest BCUT2D eigenvalue weighted by Gasteiger charge is -2.13. The second kappa shape index (κ2) is 6.69. The van der Waals surface area contributed by atoms with Crippen molar-refractivity contribution < 1.29 is 14.3 Å². The highest BCUT2D eigenvalue weighted by Gasteiger charge is 2.15. The van der Waals surface area contributed by atoms with E-state index in [1.807, 2.05) is 0 Å². The zero-order chi connectivity index (χ0) is 15.4. The van der Waals surface area contributed by atoms with Crippen LogP contribution in [0.15, 0.2) is 46.9 Å². The Labute approximate surface area is 129 Å². The summed E-state index contributed by atoms with van der Waals surface area (Å²) < 4.78 is 13.7. The first-order valence-corrected chi connectivity index (χ1v) is 7.04. The second-order valence-corrected chi connectivity index (χ2v) is 5.44. The molecule has 1 amide bonds. The molecule has 0 fully saturated rings. The Balaban J connectivity index is 2.02. The smallest absolute Gasteiger partial charge is 0.241 e. The number of aromatic hydroxyl groups is 1. The normalized spacial score (nSPS) is 12.0. The van der Waals surface area contributed by atoms with Gasteiger partial charge in [0.05, 0.1) is 11.7 Å². The summed E-state index contributed by atoms with van der Waals surface area (Å²) in [6, 6.07) is 9.69. The van der Waals surface area contributed by atoms with E-state index in [0.29, 0.717) is 16.6 Å². The lowest BCUT2D eigenvalue weighted by molar-refractivity contribution is -0.117. The zero-order valence-corrected chi connectivity index (χ0v) is 12.6. The van der Waals surface area contributed by atoms with Crippen LogP contribution in [0, 0.1) is 5.82 Å². The number of nitrogens with two attached hydrogens (primary N) is 1. The molecule has 0 heterocycles. The van der Waals surface area contributed by atoms with Gasteiger partial charge in [0.2, 0.25) is 5.91 Å². The molecular weight excluding hydrogens is 339 g/mol. The van der Waals surface area contributed by atoms with Crippen molar-refractivity contribution in [1.82, 2.24) is 0 Å². The fraction of sp³-hybridized carbons (Fsp3) is 0.133. The van der Waals surface area contributed by atoms with Crippen molar-refractivity contribution in [2.24, 2.45) is 5.73 Å². The quantitative estimate of drug-likeness (QED) is 0.791. The van der Waals surface area contributed by atoms with Crippen molar-refractivity contribution in [3.8, 4) is 5.75 Å². The van der Waals surface area contributed by atoms with Crippen LogP contribution in [0.5, 0.6) is 5.75 Å². The Bertz CT molecular complexity index is 647. The molecule has 0 radical (unpaired) electrons. The molecule has 0 bridgehead atoms. The maximum absolute atomic E-state index is 13.2. The van der Waals surface area contributed by atoms with Crippen molar-refractivity contribution in [3.05, 3.63) is 58.3 Å². The summed E-state index contributed by atoms with van der Waals surface area (Å²) in [5, 5.41) is 11.8. The van der Waals surface area contributed by atoms with E-state index in [1.165, 1.54) is 30.3 Å². The summed E-state index contributed by atoms with van der Waals surface area (Å²) in [6.07, 6.45) is 0.319. The number of nitrogens with one attached hydrogen (secondary N) is 1. The van der Waals surface area contributed by atoms with Gasteiger partial charge in [0.25, 0.3) is 0 Å². The Morgan fingerprint density at radius 1 is 1.29 bits per heavy atom. The summed E-state index contributed by atoms with van der Waals surface area (Å²) in [5.74, 6) is -0.699. The molecule has 6 heteroatoms. The largest absolute Gasteiger partial charge is 0.508 e. The van der Waals surface area contributed by atoms with Crippen LogP contribution in [0.3, 0.4) is 0 Å². The minimum absolute atomic E-state index is 0.153. The van der Waals surface area contributed by atoms with Crippen LogP contribution >= 0.6 is 15.9 Å². The summed E-state index contributed by atoms with van der Waals surface area (Å²) in [4.78, 5) is 12.0. The number of carbonyl (C=O) groups is 1. The third kappa shape index (κ3) is 4.27. The van der Waals surface area contributed by atoms with Gasteiger partial charge in [-0.1, -0.05) is 12.1 Å². The van der Waals surface area contributed by atoms with Crippen LogP contribution in [0.4, 0.5) is 10.1 Å². The molecule has 0 aliphatic heterocycles. The topological polar surface area (TPSA) is 75.3 Å². The zero-order valence-electron chi connectivity index (χ0n) is 11.0. The van der Waals surface area contributed by atoms with Crippen LogP contribution < -0.4 is 11.1 Å². The van der Waals surface area contributed by atoms with Gasteiger partial charge in [-0.25, -0.2) is 4.39 Å². The van der Waals surface area contributed by atoms with Gasteiger partial charge in [-0.05, 0) is 58.2 Å². The molecule has 0 spiro atoms. The molecule has 0 saturated heterocycles. The predicted octanol–water partition coefficient (Wildman–Crippen LogP) is 2.80. The van der Waals surface area contributed by atoms with Crippen LogP contribution in [0.25, 0.3) is 0 Å². The maximum Gasteiger partial charge on any atom is 0.241 e. The van der Waals surface area contributed by atoms with Crippen LogP contribution in [0.1, 0.15) is 5.56 Å². The SMILES string of the molecule is NC(Cc1ccc(O)cc1)C(=O)Nc1cc(F)ccc1Br. The molecule has 2 aromatic rings. The lowest BCUT2D eigenvalue weighted by Crippen LogP contribution is -2.37. The number of phenolic OH excluding ortho intramolecular Hbond substituents is 1. The van der Waals surface area contributed by atoms with Crippen molar-refractivity contribution >= 4 is 27.5 Å². The number of phenols is 1. The molecule has 0 saturated carbocycles. The number of carbonyl (C=O) groups excluding carboxylic acids is 1. The summed E-state index contributed by atoms with van der Waals surface area (Å²) in [5.41, 5.74) is 7.00. The number of benzene rings is 2. The van der Waals surface area contributed by atoms with Crippen LogP contribution in [-0.4, -0.2) is 17.1 Å². The van der Waals surface area contributed by atoms with Gasteiger partial charge in [0.1, 0.15) is 11.6 Å². The van der Waals surface area contributed by atoms with Gasteiger partial charge < -0.3 is 16.2 Å².